The summed E-state index contributed by atoms with van der Waals surface area (Å²) < 4.78 is 17.8. The van der Waals surface area contributed by atoms with Gasteiger partial charge in [0.15, 0.2) is 4.80 Å². The van der Waals surface area contributed by atoms with Gasteiger partial charge in [0.05, 0.1) is 37.1 Å². The highest BCUT2D eigenvalue weighted by Crippen LogP contribution is 2.37. The van der Waals surface area contributed by atoms with Gasteiger partial charge in [-0.05, 0) is 49.4 Å². The molecule has 7 nitrogen and oxygen atoms in total. The molecule has 1 atom stereocenters. The molecular weight excluding hydrogens is 499 g/mol. The molecule has 0 saturated carbocycles. The van der Waals surface area contributed by atoms with E-state index in [-0.39, 0.29) is 11.1 Å². The zero-order valence-corrected chi connectivity index (χ0v) is 21.0. The number of ether oxygens (including phenoxy) is 3. The lowest BCUT2D eigenvalue weighted by molar-refractivity contribution is -0.136. The number of carbonyl (C=O) groups is 1. The van der Waals surface area contributed by atoms with Gasteiger partial charge in [-0.15, -0.1) is 0 Å². The van der Waals surface area contributed by atoms with Crippen molar-refractivity contribution >= 4 is 46.6 Å². The monoisotopic (exact) mass is 518 g/mol. The van der Waals surface area contributed by atoms with Crippen molar-refractivity contribution in [1.82, 2.24) is 4.57 Å². The predicted octanol–water partition coefficient (Wildman–Crippen LogP) is 3.73. The van der Waals surface area contributed by atoms with Crippen LogP contribution in [0.3, 0.4) is 0 Å². The van der Waals surface area contributed by atoms with Crippen molar-refractivity contribution in [3.05, 3.63) is 88.5 Å². The average molecular weight is 519 g/mol. The maximum absolute atomic E-state index is 13.7. The number of allylic oxidation sites excluding steroid dienone is 1. The first-order chi connectivity index (χ1) is 16.3. The zero-order valence-electron chi connectivity index (χ0n) is 18.7. The lowest BCUT2D eigenvalue weighted by atomic mass is 9.95. The first kappa shape index (κ1) is 24.1. The molecule has 4 rings (SSSR count). The molecule has 0 aliphatic carbocycles. The van der Waals surface area contributed by atoms with Crippen LogP contribution in [0.2, 0.25) is 10.0 Å². The number of rotatable bonds is 5. The van der Waals surface area contributed by atoms with E-state index in [2.05, 4.69) is 4.99 Å². The van der Waals surface area contributed by atoms with Crippen LogP contribution in [0.1, 0.15) is 24.1 Å². The van der Waals surface area contributed by atoms with Gasteiger partial charge in [0.25, 0.3) is 5.56 Å². The number of esters is 1. The van der Waals surface area contributed by atoms with Crippen molar-refractivity contribution in [2.24, 2.45) is 4.99 Å². The maximum atomic E-state index is 13.7. The Hall–Kier alpha value is -3.07. The quantitative estimate of drug-likeness (QED) is 0.480. The molecule has 34 heavy (non-hydrogen) atoms. The minimum Gasteiger partial charge on any atom is -0.496 e. The van der Waals surface area contributed by atoms with Crippen molar-refractivity contribution in [2.45, 2.75) is 13.0 Å². The molecule has 2 aromatic carbocycles. The Morgan fingerprint density at radius 3 is 2.35 bits per heavy atom. The highest BCUT2D eigenvalue weighted by atomic mass is 35.5. The lowest BCUT2D eigenvalue weighted by Gasteiger charge is -2.25. The second kappa shape index (κ2) is 9.66. The van der Waals surface area contributed by atoms with Gasteiger partial charge < -0.3 is 14.2 Å². The van der Waals surface area contributed by atoms with Gasteiger partial charge in [-0.2, -0.15) is 0 Å². The fraction of sp³-hybridized carbons (Fsp3) is 0.208. The number of aromatic nitrogens is 1. The van der Waals surface area contributed by atoms with Crippen LogP contribution in [-0.2, 0) is 9.53 Å². The summed E-state index contributed by atoms with van der Waals surface area (Å²) in [5.41, 5.74) is 1.50. The zero-order chi connectivity index (χ0) is 24.6. The summed E-state index contributed by atoms with van der Waals surface area (Å²) in [6, 6.07) is 9.33. The molecule has 0 saturated heterocycles. The Bertz CT molecular complexity index is 1510. The summed E-state index contributed by atoms with van der Waals surface area (Å²) in [7, 11) is 4.33. The van der Waals surface area contributed by atoms with E-state index < -0.39 is 12.0 Å². The number of thiazole rings is 1. The van der Waals surface area contributed by atoms with Crippen LogP contribution in [-0.4, -0.2) is 31.9 Å². The van der Waals surface area contributed by atoms with E-state index in [1.54, 1.807) is 56.5 Å². The third kappa shape index (κ3) is 4.24. The Labute approximate surface area is 209 Å². The van der Waals surface area contributed by atoms with Crippen LogP contribution in [0.4, 0.5) is 0 Å². The molecule has 2 heterocycles. The van der Waals surface area contributed by atoms with Gasteiger partial charge in [-0.25, -0.2) is 9.79 Å². The minimum atomic E-state index is -0.847. The topological polar surface area (TPSA) is 79.1 Å². The van der Waals surface area contributed by atoms with Crippen molar-refractivity contribution in [3.63, 3.8) is 0 Å². The Kier molecular flexibility index (Phi) is 6.84. The SMILES string of the molecule is COC(=O)C1=C(C)N=c2s/c(=C\c3cc(Cl)ccc3OC)c(=O)n2[C@@H]1c1cc(Cl)ccc1OC. The molecule has 0 fully saturated rings. The number of methoxy groups -OCH3 is 3. The van der Waals surface area contributed by atoms with Crippen molar-refractivity contribution < 1.29 is 19.0 Å². The predicted molar refractivity (Wildman–Crippen MR) is 132 cm³/mol. The van der Waals surface area contributed by atoms with Crippen LogP contribution in [0.5, 0.6) is 11.5 Å². The molecule has 0 amide bonds. The molecule has 176 valence electrons. The summed E-state index contributed by atoms with van der Waals surface area (Å²) in [5, 5.41) is 0.936. The van der Waals surface area contributed by atoms with Gasteiger partial charge >= 0.3 is 5.97 Å². The van der Waals surface area contributed by atoms with Gasteiger partial charge in [0, 0.05) is 21.2 Å². The third-order valence-electron chi connectivity index (χ3n) is 5.39. The number of benzene rings is 2. The maximum Gasteiger partial charge on any atom is 0.338 e. The van der Waals surface area contributed by atoms with E-state index in [1.165, 1.54) is 30.1 Å². The summed E-state index contributed by atoms with van der Waals surface area (Å²) in [4.78, 5) is 31.5. The van der Waals surface area contributed by atoms with E-state index >= 15 is 0 Å². The lowest BCUT2D eigenvalue weighted by Crippen LogP contribution is -2.40. The van der Waals surface area contributed by atoms with Gasteiger partial charge in [0.2, 0.25) is 0 Å². The number of fused-ring (bicyclic) bond motifs is 1. The molecule has 1 aliphatic rings. The van der Waals surface area contributed by atoms with E-state index in [9.17, 15) is 9.59 Å². The number of hydrogen-bond acceptors (Lipinski definition) is 7. The highest BCUT2D eigenvalue weighted by Gasteiger charge is 2.35. The van der Waals surface area contributed by atoms with Gasteiger partial charge in [0.1, 0.15) is 17.5 Å². The molecule has 0 N–H and O–H groups in total. The normalized spacial score (nSPS) is 15.6. The first-order valence-electron chi connectivity index (χ1n) is 10.1. The number of nitrogens with zero attached hydrogens (tertiary/aromatic N) is 2. The standard InChI is InChI=1S/C24H20Cl2N2O5S/c1-12-20(23(30)33-4)21(16-11-15(26)6-8-18(16)32-3)28-22(29)19(34-24(28)27-12)10-13-9-14(25)5-7-17(13)31-2/h5-11,21H,1-4H3/b19-10-/t21-/m1/s1. The van der Waals surface area contributed by atoms with Crippen LogP contribution in [0.15, 0.2) is 57.5 Å². The fourth-order valence-corrected chi connectivity index (χ4v) is 5.26. The fourth-order valence-electron chi connectivity index (χ4n) is 3.87. The Morgan fingerprint density at radius 1 is 1.06 bits per heavy atom. The number of halogens is 2. The number of carbonyl (C=O) groups excluding carboxylic acids is 1. The molecule has 0 spiro atoms. The molecule has 0 radical (unpaired) electrons. The summed E-state index contributed by atoms with van der Waals surface area (Å²) in [6.07, 6.45) is 1.69. The van der Waals surface area contributed by atoms with Gasteiger partial charge in [-0.3, -0.25) is 9.36 Å². The minimum absolute atomic E-state index is 0.224. The van der Waals surface area contributed by atoms with Gasteiger partial charge in [-0.1, -0.05) is 34.5 Å². The summed E-state index contributed by atoms with van der Waals surface area (Å²) >= 11 is 13.6. The molecule has 3 aromatic rings. The molecule has 10 heteroatoms. The van der Waals surface area contributed by atoms with E-state index in [1.807, 2.05) is 0 Å². The van der Waals surface area contributed by atoms with Crippen LogP contribution in [0.25, 0.3) is 6.08 Å². The second-order valence-electron chi connectivity index (χ2n) is 7.35. The third-order valence-corrected chi connectivity index (χ3v) is 6.84. The Morgan fingerprint density at radius 2 is 1.71 bits per heavy atom. The summed E-state index contributed by atoms with van der Waals surface area (Å²) in [6.45, 7) is 1.70. The molecular formula is C24H20Cl2N2O5S. The largest absolute Gasteiger partial charge is 0.496 e. The molecule has 0 bridgehead atoms. The molecule has 0 unspecified atom stereocenters. The highest BCUT2D eigenvalue weighted by molar-refractivity contribution is 7.07. The average Bonchev–Trinajstić information content (AvgIpc) is 3.12. The van der Waals surface area contributed by atoms with Crippen molar-refractivity contribution in [3.8, 4) is 11.5 Å². The van der Waals surface area contributed by atoms with E-state index in [4.69, 9.17) is 37.4 Å². The second-order valence-corrected chi connectivity index (χ2v) is 9.23. The van der Waals surface area contributed by atoms with Crippen molar-refractivity contribution in [1.29, 1.82) is 0 Å². The van der Waals surface area contributed by atoms with Crippen LogP contribution < -0.4 is 24.4 Å². The van der Waals surface area contributed by atoms with E-state index in [0.29, 0.717) is 47.7 Å². The number of hydrogen-bond donors (Lipinski definition) is 0. The van der Waals surface area contributed by atoms with E-state index in [0.717, 1.165) is 0 Å². The Balaban J connectivity index is 2.04. The van der Waals surface area contributed by atoms with Crippen LogP contribution in [0, 0.1) is 0 Å². The molecule has 1 aliphatic heterocycles. The molecule has 1 aromatic heterocycles. The smallest absolute Gasteiger partial charge is 0.338 e. The van der Waals surface area contributed by atoms with Crippen molar-refractivity contribution in [2.75, 3.05) is 21.3 Å². The van der Waals surface area contributed by atoms with Crippen LogP contribution >= 0.6 is 34.5 Å². The summed E-state index contributed by atoms with van der Waals surface area (Å²) in [5.74, 6) is 0.436. The first-order valence-corrected chi connectivity index (χ1v) is 11.6.